The predicted octanol–water partition coefficient (Wildman–Crippen LogP) is 2.51. The van der Waals surface area contributed by atoms with Crippen molar-refractivity contribution in [1.29, 1.82) is 0 Å². The molecular weight excluding hydrogens is 328 g/mol. The van der Waals surface area contributed by atoms with Crippen LogP contribution in [0.4, 0.5) is 0 Å². The van der Waals surface area contributed by atoms with E-state index in [2.05, 4.69) is 10.2 Å². The molecule has 0 amide bonds. The van der Waals surface area contributed by atoms with Crippen molar-refractivity contribution in [3.63, 3.8) is 0 Å². The van der Waals surface area contributed by atoms with Crippen LogP contribution in [0.2, 0.25) is 0 Å². The molecule has 3 rings (SSSR count). The van der Waals surface area contributed by atoms with Crippen molar-refractivity contribution in [2.45, 2.75) is 11.8 Å². The molecule has 0 bridgehead atoms. The maximum Gasteiger partial charge on any atom is 0.339 e. The highest BCUT2D eigenvalue weighted by Crippen LogP contribution is 2.28. The molecule has 0 aliphatic carbocycles. The van der Waals surface area contributed by atoms with Gasteiger partial charge in [0.25, 0.3) is 5.56 Å². The molecule has 1 aromatic heterocycles. The molecule has 2 aromatic carbocycles. The largest absolute Gasteiger partial charge is 0.376 e. The Kier molecular flexibility index (Phi) is 4.18. The Morgan fingerprint density at radius 1 is 1.00 bits per heavy atom. The standard InChI is InChI=1S/C17H14N2O4S/c1-12-7-9-14(10-8-12)24(21,22)23-15-11-16(20)18-19-17(15)13-5-3-2-4-6-13/h2-11H,1H3,(H,18,20). The van der Waals surface area contributed by atoms with E-state index in [9.17, 15) is 13.2 Å². The summed E-state index contributed by atoms with van der Waals surface area (Å²) in [6, 6.07) is 16.2. The molecule has 0 aliphatic rings. The molecular formula is C17H14N2O4S. The maximum atomic E-state index is 12.4. The van der Waals surface area contributed by atoms with Gasteiger partial charge in [-0.05, 0) is 19.1 Å². The molecule has 0 saturated heterocycles. The fraction of sp³-hybridized carbons (Fsp3) is 0.0588. The molecule has 1 heterocycles. The van der Waals surface area contributed by atoms with E-state index in [4.69, 9.17) is 4.18 Å². The molecule has 0 radical (unpaired) electrons. The number of nitrogens with one attached hydrogen (secondary N) is 1. The Labute approximate surface area is 138 Å². The number of benzene rings is 2. The fourth-order valence-electron chi connectivity index (χ4n) is 2.12. The third-order valence-electron chi connectivity index (χ3n) is 3.33. The average Bonchev–Trinajstić information content (AvgIpc) is 2.56. The van der Waals surface area contributed by atoms with Crippen molar-refractivity contribution in [2.24, 2.45) is 0 Å². The van der Waals surface area contributed by atoms with Gasteiger partial charge in [0.2, 0.25) is 0 Å². The summed E-state index contributed by atoms with van der Waals surface area (Å²) in [7, 11) is -4.07. The second-order valence-electron chi connectivity index (χ2n) is 5.16. The van der Waals surface area contributed by atoms with Crippen LogP contribution in [0.5, 0.6) is 5.75 Å². The number of aromatic nitrogens is 2. The Bertz CT molecular complexity index is 1010. The minimum Gasteiger partial charge on any atom is -0.376 e. The van der Waals surface area contributed by atoms with Crippen molar-refractivity contribution in [3.8, 4) is 17.0 Å². The van der Waals surface area contributed by atoms with Gasteiger partial charge in [-0.2, -0.15) is 13.5 Å². The second kappa shape index (κ2) is 6.29. The van der Waals surface area contributed by atoms with E-state index < -0.39 is 15.7 Å². The lowest BCUT2D eigenvalue weighted by Crippen LogP contribution is -2.15. The van der Waals surface area contributed by atoms with E-state index in [1.807, 2.05) is 13.0 Å². The summed E-state index contributed by atoms with van der Waals surface area (Å²) >= 11 is 0. The number of hydrogen-bond acceptors (Lipinski definition) is 5. The normalized spacial score (nSPS) is 11.2. The quantitative estimate of drug-likeness (QED) is 0.736. The number of H-pyrrole nitrogens is 1. The van der Waals surface area contributed by atoms with Crippen LogP contribution in [-0.2, 0) is 10.1 Å². The van der Waals surface area contributed by atoms with Crippen LogP contribution in [0, 0.1) is 6.92 Å². The summed E-state index contributed by atoms with van der Waals surface area (Å²) in [6.45, 7) is 1.85. The second-order valence-corrected chi connectivity index (χ2v) is 6.71. The van der Waals surface area contributed by atoms with Crippen molar-refractivity contribution >= 4 is 10.1 Å². The van der Waals surface area contributed by atoms with E-state index >= 15 is 0 Å². The summed E-state index contributed by atoms with van der Waals surface area (Å²) in [6.07, 6.45) is 0. The highest BCUT2D eigenvalue weighted by Gasteiger charge is 2.20. The number of rotatable bonds is 4. The molecule has 24 heavy (non-hydrogen) atoms. The van der Waals surface area contributed by atoms with Gasteiger partial charge in [0, 0.05) is 5.56 Å². The first kappa shape index (κ1) is 15.9. The average molecular weight is 342 g/mol. The molecule has 122 valence electrons. The van der Waals surface area contributed by atoms with Crippen LogP contribution >= 0.6 is 0 Å². The van der Waals surface area contributed by atoms with Crippen LogP contribution < -0.4 is 9.74 Å². The van der Waals surface area contributed by atoms with E-state index in [-0.39, 0.29) is 16.3 Å². The lowest BCUT2D eigenvalue weighted by molar-refractivity contribution is 0.484. The van der Waals surface area contributed by atoms with Gasteiger partial charge in [-0.1, -0.05) is 48.0 Å². The lowest BCUT2D eigenvalue weighted by Gasteiger charge is -2.10. The van der Waals surface area contributed by atoms with Crippen molar-refractivity contribution in [3.05, 3.63) is 76.6 Å². The molecule has 1 N–H and O–H groups in total. The SMILES string of the molecule is Cc1ccc(S(=O)(=O)Oc2cc(=O)[nH]nc2-c2ccccc2)cc1. The first-order valence-electron chi connectivity index (χ1n) is 7.12. The first-order chi connectivity index (χ1) is 11.5. The van der Waals surface area contributed by atoms with Gasteiger partial charge in [-0.3, -0.25) is 4.79 Å². The monoisotopic (exact) mass is 342 g/mol. The summed E-state index contributed by atoms with van der Waals surface area (Å²) in [5, 5.41) is 6.20. The number of nitrogens with zero attached hydrogens (tertiary/aromatic N) is 1. The Hall–Kier alpha value is -2.93. The smallest absolute Gasteiger partial charge is 0.339 e. The molecule has 6 nitrogen and oxygen atoms in total. The molecule has 0 spiro atoms. The third-order valence-corrected chi connectivity index (χ3v) is 4.58. The molecule has 0 aliphatic heterocycles. The van der Waals surface area contributed by atoms with E-state index in [1.54, 1.807) is 36.4 Å². The maximum absolute atomic E-state index is 12.4. The molecule has 0 unspecified atom stereocenters. The molecule has 0 fully saturated rings. The molecule has 0 atom stereocenters. The Morgan fingerprint density at radius 2 is 1.67 bits per heavy atom. The van der Waals surface area contributed by atoms with Gasteiger partial charge in [0.1, 0.15) is 10.6 Å². The van der Waals surface area contributed by atoms with Gasteiger partial charge in [0.15, 0.2) is 5.75 Å². The zero-order valence-corrected chi connectivity index (χ0v) is 13.6. The van der Waals surface area contributed by atoms with Crippen molar-refractivity contribution < 1.29 is 12.6 Å². The summed E-state index contributed by atoms with van der Waals surface area (Å²) in [5.74, 6) is -0.120. The summed E-state index contributed by atoms with van der Waals surface area (Å²) in [4.78, 5) is 11.6. The number of hydrogen-bond donors (Lipinski definition) is 1. The molecule has 7 heteroatoms. The molecule has 3 aromatic rings. The van der Waals surface area contributed by atoms with Gasteiger partial charge in [-0.15, -0.1) is 0 Å². The number of aryl methyl sites for hydroxylation is 1. The summed E-state index contributed by atoms with van der Waals surface area (Å²) < 4.78 is 30.1. The van der Waals surface area contributed by atoms with Crippen LogP contribution in [0.15, 0.2) is 70.4 Å². The van der Waals surface area contributed by atoms with Crippen LogP contribution in [0.25, 0.3) is 11.3 Å². The first-order valence-corrected chi connectivity index (χ1v) is 8.53. The van der Waals surface area contributed by atoms with Gasteiger partial charge in [-0.25, -0.2) is 5.10 Å². The minimum absolute atomic E-state index is 0.00685. The summed E-state index contributed by atoms with van der Waals surface area (Å²) in [5.41, 5.74) is 1.24. The lowest BCUT2D eigenvalue weighted by atomic mass is 10.1. The minimum atomic E-state index is -4.07. The number of aromatic amines is 1. The van der Waals surface area contributed by atoms with Gasteiger partial charge < -0.3 is 4.18 Å². The zero-order valence-electron chi connectivity index (χ0n) is 12.8. The third kappa shape index (κ3) is 3.36. The van der Waals surface area contributed by atoms with Crippen LogP contribution in [0.3, 0.4) is 0 Å². The highest BCUT2D eigenvalue weighted by molar-refractivity contribution is 7.87. The van der Waals surface area contributed by atoms with E-state index in [0.717, 1.165) is 11.6 Å². The predicted molar refractivity (Wildman–Crippen MR) is 89.3 cm³/mol. The van der Waals surface area contributed by atoms with Crippen LogP contribution in [0.1, 0.15) is 5.56 Å². The van der Waals surface area contributed by atoms with Gasteiger partial charge in [0.05, 0.1) is 6.07 Å². The van der Waals surface area contributed by atoms with Crippen molar-refractivity contribution in [1.82, 2.24) is 10.2 Å². The van der Waals surface area contributed by atoms with E-state index in [1.165, 1.54) is 12.1 Å². The topological polar surface area (TPSA) is 89.1 Å². The van der Waals surface area contributed by atoms with E-state index in [0.29, 0.717) is 5.56 Å². The zero-order chi connectivity index (χ0) is 17.2. The molecule has 0 saturated carbocycles. The Balaban J connectivity index is 2.05. The van der Waals surface area contributed by atoms with Crippen molar-refractivity contribution in [2.75, 3.05) is 0 Å². The van der Waals surface area contributed by atoms with Gasteiger partial charge >= 0.3 is 10.1 Å². The van der Waals surface area contributed by atoms with Crippen LogP contribution in [-0.4, -0.2) is 18.6 Å². The highest BCUT2D eigenvalue weighted by atomic mass is 32.2. The fourth-order valence-corrected chi connectivity index (χ4v) is 3.05. The Morgan fingerprint density at radius 3 is 2.33 bits per heavy atom.